The molecule has 0 aliphatic carbocycles. The van der Waals surface area contributed by atoms with Crippen LogP contribution in [-0.4, -0.2) is 52.1 Å². The van der Waals surface area contributed by atoms with E-state index in [0.29, 0.717) is 30.6 Å². The number of allylic oxidation sites excluding steroid dienone is 5. The summed E-state index contributed by atoms with van der Waals surface area (Å²) >= 11 is 0. The number of halogens is 1. The first-order valence-electron chi connectivity index (χ1n) is 12.3. The standard InChI is InChI=1S/C29H36FN5/c1-7-24(25-10-8-9-11-26(25)30)28-27(14-20(3)23-16-33-34(6)18-23)31-13-12-19(2)29(28)35-17-21(4)32-15-22(35)5/h7-12,16,18,21-22,32H,3,13-15,17H2,1-2,4-6H3/b24-7-/t21-,22+/m1/s1. The maximum Gasteiger partial charge on any atom is 0.131 e. The highest BCUT2D eigenvalue weighted by Gasteiger charge is 2.31. The molecule has 1 fully saturated rings. The van der Waals surface area contributed by atoms with Crippen molar-refractivity contribution in [1.29, 1.82) is 0 Å². The highest BCUT2D eigenvalue weighted by molar-refractivity contribution is 6.17. The van der Waals surface area contributed by atoms with Crippen LogP contribution >= 0.6 is 0 Å². The fourth-order valence-electron chi connectivity index (χ4n) is 4.96. The second kappa shape index (κ2) is 10.6. The summed E-state index contributed by atoms with van der Waals surface area (Å²) in [6.07, 6.45) is 8.57. The van der Waals surface area contributed by atoms with Gasteiger partial charge in [0.15, 0.2) is 0 Å². The molecule has 0 bridgehead atoms. The summed E-state index contributed by atoms with van der Waals surface area (Å²) in [5, 5.41) is 7.90. The zero-order valence-electron chi connectivity index (χ0n) is 21.5. The van der Waals surface area contributed by atoms with Gasteiger partial charge in [-0.25, -0.2) is 4.39 Å². The van der Waals surface area contributed by atoms with E-state index >= 15 is 4.39 Å². The summed E-state index contributed by atoms with van der Waals surface area (Å²) in [6, 6.07) is 7.65. The van der Waals surface area contributed by atoms with Crippen LogP contribution in [0.5, 0.6) is 0 Å². The van der Waals surface area contributed by atoms with Crippen LogP contribution in [0.4, 0.5) is 4.39 Å². The van der Waals surface area contributed by atoms with E-state index in [-0.39, 0.29) is 5.82 Å². The van der Waals surface area contributed by atoms with E-state index in [2.05, 4.69) is 48.7 Å². The van der Waals surface area contributed by atoms with Crippen LogP contribution in [0.2, 0.25) is 0 Å². The van der Waals surface area contributed by atoms with Crippen LogP contribution in [-0.2, 0) is 7.05 Å². The molecule has 0 saturated carbocycles. The molecule has 2 aliphatic rings. The third-order valence-corrected chi connectivity index (χ3v) is 6.85. The van der Waals surface area contributed by atoms with Gasteiger partial charge in [-0.2, -0.15) is 5.10 Å². The van der Waals surface area contributed by atoms with Gasteiger partial charge >= 0.3 is 0 Å². The van der Waals surface area contributed by atoms with E-state index in [1.165, 1.54) is 11.6 Å². The largest absolute Gasteiger partial charge is 0.365 e. The molecule has 184 valence electrons. The number of aromatic nitrogens is 2. The second-order valence-electron chi connectivity index (χ2n) is 9.57. The lowest BCUT2D eigenvalue weighted by molar-refractivity contribution is 0.193. The van der Waals surface area contributed by atoms with E-state index in [1.807, 2.05) is 44.6 Å². The highest BCUT2D eigenvalue weighted by atomic mass is 19.1. The van der Waals surface area contributed by atoms with E-state index < -0.39 is 0 Å². The molecule has 0 radical (unpaired) electrons. The maximum absolute atomic E-state index is 15.2. The molecule has 0 unspecified atom stereocenters. The van der Waals surface area contributed by atoms with Gasteiger partial charge in [0.1, 0.15) is 5.82 Å². The number of aliphatic imine (C=N–C) groups is 1. The molecule has 35 heavy (non-hydrogen) atoms. The first kappa shape index (κ1) is 24.9. The molecule has 3 heterocycles. The molecule has 0 amide bonds. The minimum absolute atomic E-state index is 0.231. The number of benzene rings is 1. The summed E-state index contributed by atoms with van der Waals surface area (Å²) < 4.78 is 17.0. The van der Waals surface area contributed by atoms with Crippen molar-refractivity contribution >= 4 is 16.9 Å². The topological polar surface area (TPSA) is 45.4 Å². The van der Waals surface area contributed by atoms with Gasteiger partial charge in [-0.05, 0) is 50.5 Å². The van der Waals surface area contributed by atoms with Crippen LogP contribution in [0.3, 0.4) is 0 Å². The average molecular weight is 474 g/mol. The molecular formula is C29H36FN5. The van der Waals surface area contributed by atoms with Gasteiger partial charge in [0.25, 0.3) is 0 Å². The summed E-state index contributed by atoms with van der Waals surface area (Å²) in [5.74, 6) is -0.231. The third kappa shape index (κ3) is 5.22. The first-order chi connectivity index (χ1) is 16.8. The molecule has 2 aromatic rings. The van der Waals surface area contributed by atoms with E-state index in [4.69, 9.17) is 4.99 Å². The van der Waals surface area contributed by atoms with Crippen LogP contribution in [0.15, 0.2) is 77.2 Å². The SMILES string of the molecule is C=C(CC1=NCC=C(C)C(N2C[C@@H](C)NC[C@@H]2C)=C1/C(=C\C)c1ccccc1F)c1cnn(C)c1. The molecule has 1 aromatic carbocycles. The fraction of sp³-hybridized carbons (Fsp3) is 0.379. The molecule has 2 atom stereocenters. The number of piperazine rings is 1. The van der Waals surface area contributed by atoms with Crippen LogP contribution < -0.4 is 5.32 Å². The van der Waals surface area contributed by atoms with Crippen LogP contribution in [0.1, 0.15) is 45.2 Å². The Hall–Kier alpha value is -3.25. The average Bonchev–Trinajstić information content (AvgIpc) is 3.21. The first-order valence-corrected chi connectivity index (χ1v) is 12.3. The predicted octanol–water partition coefficient (Wildman–Crippen LogP) is 5.40. The van der Waals surface area contributed by atoms with Gasteiger partial charge < -0.3 is 10.2 Å². The van der Waals surface area contributed by atoms with Crippen molar-refractivity contribution in [2.24, 2.45) is 12.0 Å². The zero-order valence-corrected chi connectivity index (χ0v) is 21.5. The molecule has 2 aliphatic heterocycles. The predicted molar refractivity (Wildman–Crippen MR) is 144 cm³/mol. The van der Waals surface area contributed by atoms with E-state index in [9.17, 15) is 0 Å². The summed E-state index contributed by atoms with van der Waals surface area (Å²) in [6.45, 7) is 15.3. The number of hydrogen-bond acceptors (Lipinski definition) is 4. The molecule has 0 spiro atoms. The highest BCUT2D eigenvalue weighted by Crippen LogP contribution is 2.37. The van der Waals surface area contributed by atoms with E-state index in [1.54, 1.807) is 10.7 Å². The Morgan fingerprint density at radius 3 is 2.74 bits per heavy atom. The van der Waals surface area contributed by atoms with Gasteiger partial charge in [0, 0.05) is 72.9 Å². The normalized spacial score (nSPS) is 21.5. The van der Waals surface area contributed by atoms with Crippen molar-refractivity contribution in [1.82, 2.24) is 20.0 Å². The van der Waals surface area contributed by atoms with Gasteiger partial charge in [0.05, 0.1) is 12.7 Å². The molecule has 1 aromatic heterocycles. The molecular weight excluding hydrogens is 437 g/mol. The lowest BCUT2D eigenvalue weighted by atomic mass is 9.86. The maximum atomic E-state index is 15.2. The Balaban J connectivity index is 1.91. The summed E-state index contributed by atoms with van der Waals surface area (Å²) in [4.78, 5) is 7.50. The third-order valence-electron chi connectivity index (χ3n) is 6.85. The zero-order chi connectivity index (χ0) is 25.1. The smallest absolute Gasteiger partial charge is 0.131 e. The van der Waals surface area contributed by atoms with Crippen molar-refractivity contribution in [2.45, 2.75) is 46.2 Å². The minimum Gasteiger partial charge on any atom is -0.365 e. The number of nitrogens with zero attached hydrogens (tertiary/aromatic N) is 4. The Morgan fingerprint density at radius 1 is 1.29 bits per heavy atom. The molecule has 1 N–H and O–H groups in total. The monoisotopic (exact) mass is 473 g/mol. The Bertz CT molecular complexity index is 1230. The van der Waals surface area contributed by atoms with Crippen molar-refractivity contribution in [2.75, 3.05) is 19.6 Å². The Kier molecular flexibility index (Phi) is 7.51. The fourth-order valence-corrected chi connectivity index (χ4v) is 4.96. The van der Waals surface area contributed by atoms with Gasteiger partial charge in [-0.1, -0.05) is 36.9 Å². The lowest BCUT2D eigenvalue weighted by Gasteiger charge is -2.42. The molecule has 5 nitrogen and oxygen atoms in total. The second-order valence-corrected chi connectivity index (χ2v) is 9.57. The Labute approximate surface area is 208 Å². The minimum atomic E-state index is -0.231. The van der Waals surface area contributed by atoms with Crippen LogP contribution in [0.25, 0.3) is 11.1 Å². The lowest BCUT2D eigenvalue weighted by Crippen LogP contribution is -2.54. The Morgan fingerprint density at radius 2 is 2.06 bits per heavy atom. The van der Waals surface area contributed by atoms with Gasteiger partial charge in [0.2, 0.25) is 0 Å². The number of aryl methyl sites for hydroxylation is 1. The van der Waals surface area contributed by atoms with Crippen LogP contribution in [0, 0.1) is 5.82 Å². The van der Waals surface area contributed by atoms with Crippen molar-refractivity contribution in [3.63, 3.8) is 0 Å². The van der Waals surface area contributed by atoms with E-state index in [0.717, 1.165) is 46.8 Å². The van der Waals surface area contributed by atoms with Crippen molar-refractivity contribution in [3.05, 3.63) is 89.2 Å². The number of nitrogens with one attached hydrogen (secondary N) is 1. The van der Waals surface area contributed by atoms with Gasteiger partial charge in [-0.3, -0.25) is 9.67 Å². The number of hydrogen-bond donors (Lipinski definition) is 1. The quantitative estimate of drug-likeness (QED) is 0.611. The molecule has 1 saturated heterocycles. The number of rotatable bonds is 6. The summed E-state index contributed by atoms with van der Waals surface area (Å²) in [7, 11) is 1.90. The molecule has 6 heteroatoms. The summed E-state index contributed by atoms with van der Waals surface area (Å²) in [5.41, 5.74) is 7.61. The molecule has 4 rings (SSSR count). The van der Waals surface area contributed by atoms with Gasteiger partial charge in [-0.15, -0.1) is 0 Å². The van der Waals surface area contributed by atoms with Crippen molar-refractivity contribution in [3.8, 4) is 0 Å². The van der Waals surface area contributed by atoms with Crippen molar-refractivity contribution < 1.29 is 4.39 Å².